The Kier molecular flexibility index (Phi) is 7.97. The van der Waals surface area contributed by atoms with Crippen LogP contribution in [0.3, 0.4) is 0 Å². The van der Waals surface area contributed by atoms with Crippen molar-refractivity contribution >= 4 is 26.0 Å². The molecule has 0 atom stereocenters. The van der Waals surface area contributed by atoms with Crippen LogP contribution >= 0.6 is 11.6 Å². The molecule has 0 saturated heterocycles. The van der Waals surface area contributed by atoms with Crippen LogP contribution in [-0.4, -0.2) is 38.5 Å². The lowest BCUT2D eigenvalue weighted by Gasteiger charge is -2.36. The van der Waals surface area contributed by atoms with Gasteiger partial charge in [0.1, 0.15) is 5.60 Å². The molecule has 1 amide bonds. The van der Waals surface area contributed by atoms with Gasteiger partial charge in [-0.15, -0.1) is 0 Å². The molecular weight excluding hydrogens is 378 g/mol. The lowest BCUT2D eigenvalue weighted by molar-refractivity contribution is 0.0300. The van der Waals surface area contributed by atoms with Crippen LogP contribution in [0.15, 0.2) is 18.2 Å². The summed E-state index contributed by atoms with van der Waals surface area (Å²) in [7, 11) is -0.0748. The van der Waals surface area contributed by atoms with Crippen LogP contribution in [0.1, 0.15) is 52.7 Å². The van der Waals surface area contributed by atoms with E-state index in [9.17, 15) is 4.79 Å². The molecule has 0 fully saturated rings. The molecule has 0 spiro atoms. The average molecular weight is 414 g/mol. The summed E-state index contributed by atoms with van der Waals surface area (Å²) in [6, 6.07) is 5.99. The molecule has 1 rings (SSSR count). The van der Waals surface area contributed by atoms with E-state index < -0.39 is 13.9 Å². The van der Waals surface area contributed by atoms with Gasteiger partial charge in [0.15, 0.2) is 8.32 Å². The fourth-order valence-electron chi connectivity index (χ4n) is 2.10. The fraction of sp³-hybridized carbons (Fsp3) is 0.667. The fourth-order valence-corrected chi connectivity index (χ4v) is 3.22. The summed E-state index contributed by atoms with van der Waals surface area (Å²) in [5.74, 6) is 0. The van der Waals surface area contributed by atoms with Gasteiger partial charge < -0.3 is 14.1 Å². The van der Waals surface area contributed by atoms with Crippen LogP contribution < -0.4 is 0 Å². The van der Waals surface area contributed by atoms with Gasteiger partial charge in [0, 0.05) is 18.6 Å². The topological polar surface area (TPSA) is 38.8 Å². The lowest BCUT2D eigenvalue weighted by atomic mass is 10.1. The Labute approximate surface area is 171 Å². The lowest BCUT2D eigenvalue weighted by Crippen LogP contribution is -2.40. The first-order valence-electron chi connectivity index (χ1n) is 9.48. The predicted octanol–water partition coefficient (Wildman–Crippen LogP) is 6.27. The second-order valence-electron chi connectivity index (χ2n) is 9.63. The Hall–Kier alpha value is -1.04. The summed E-state index contributed by atoms with van der Waals surface area (Å²) in [6.45, 7) is 17.9. The first kappa shape index (κ1) is 24.0. The van der Waals surface area contributed by atoms with Crippen LogP contribution in [0.4, 0.5) is 4.79 Å². The number of hydrogen-bond donors (Lipinski definition) is 0. The molecule has 0 aliphatic heterocycles. The van der Waals surface area contributed by atoms with Gasteiger partial charge in [-0.25, -0.2) is 4.79 Å². The monoisotopic (exact) mass is 413 g/mol. The van der Waals surface area contributed by atoms with Gasteiger partial charge in [0.05, 0.1) is 6.61 Å². The summed E-state index contributed by atoms with van der Waals surface area (Å²) >= 11 is 6.38. The smallest absolute Gasteiger partial charge is 0.410 e. The van der Waals surface area contributed by atoms with Crippen molar-refractivity contribution in [1.82, 2.24) is 4.90 Å². The molecule has 0 N–H and O–H groups in total. The van der Waals surface area contributed by atoms with E-state index in [0.717, 1.165) is 22.6 Å². The van der Waals surface area contributed by atoms with Gasteiger partial charge in [-0.3, -0.25) is 0 Å². The Morgan fingerprint density at radius 3 is 2.26 bits per heavy atom. The van der Waals surface area contributed by atoms with Crippen LogP contribution in [0.25, 0.3) is 0 Å². The van der Waals surface area contributed by atoms with Crippen molar-refractivity contribution < 1.29 is 14.0 Å². The quantitative estimate of drug-likeness (QED) is 0.515. The van der Waals surface area contributed by atoms with Gasteiger partial charge in [-0.1, -0.05) is 44.5 Å². The molecule has 6 heteroatoms. The van der Waals surface area contributed by atoms with Crippen LogP contribution in [-0.2, 0) is 22.2 Å². The molecule has 0 aliphatic carbocycles. The summed E-state index contributed by atoms with van der Waals surface area (Å²) in [5, 5.41) is 0.880. The number of rotatable bonds is 6. The largest absolute Gasteiger partial charge is 0.444 e. The number of amides is 1. The van der Waals surface area contributed by atoms with E-state index in [1.807, 2.05) is 32.9 Å². The minimum atomic E-state index is -1.83. The van der Waals surface area contributed by atoms with Gasteiger partial charge in [0.25, 0.3) is 0 Å². The molecule has 27 heavy (non-hydrogen) atoms. The number of benzene rings is 1. The maximum absolute atomic E-state index is 12.1. The van der Waals surface area contributed by atoms with Crippen molar-refractivity contribution in [2.45, 2.75) is 78.3 Å². The van der Waals surface area contributed by atoms with Gasteiger partial charge >= 0.3 is 6.09 Å². The number of nitrogens with zero attached hydrogens (tertiary/aromatic N) is 1. The van der Waals surface area contributed by atoms with Crippen molar-refractivity contribution in [1.29, 1.82) is 0 Å². The number of hydrogen-bond acceptors (Lipinski definition) is 3. The molecular formula is C21H36ClNO3Si. The molecule has 0 aromatic heterocycles. The molecule has 1 aromatic carbocycles. The zero-order valence-electron chi connectivity index (χ0n) is 18.4. The third kappa shape index (κ3) is 7.84. The average Bonchev–Trinajstić information content (AvgIpc) is 2.49. The van der Waals surface area contributed by atoms with Crippen LogP contribution in [0, 0.1) is 0 Å². The van der Waals surface area contributed by atoms with E-state index >= 15 is 0 Å². The molecule has 0 aliphatic rings. The standard InChI is InChI=1S/C21H36ClNO3Si/c1-20(2,3)26-19(24)23(7)13-12-16-10-11-18(22)17(14-16)15-25-27(8,9)21(4,5)6/h10-11,14H,12-13,15H2,1-9H3. The zero-order valence-corrected chi connectivity index (χ0v) is 20.2. The Morgan fingerprint density at radius 2 is 1.74 bits per heavy atom. The third-order valence-electron chi connectivity index (χ3n) is 4.95. The van der Waals surface area contributed by atoms with Crippen molar-refractivity contribution in [3.05, 3.63) is 34.3 Å². The highest BCUT2D eigenvalue weighted by Crippen LogP contribution is 2.37. The van der Waals surface area contributed by atoms with Gasteiger partial charge in [0.2, 0.25) is 0 Å². The number of carbonyl (C=O) groups is 1. The van der Waals surface area contributed by atoms with Crippen molar-refractivity contribution in [2.75, 3.05) is 13.6 Å². The van der Waals surface area contributed by atoms with E-state index in [-0.39, 0.29) is 11.1 Å². The SMILES string of the molecule is CN(CCc1ccc(Cl)c(CO[Si](C)(C)C(C)(C)C)c1)C(=O)OC(C)(C)C. The Balaban J connectivity index is 2.72. The molecule has 0 radical (unpaired) electrons. The Bertz CT molecular complexity index is 648. The van der Waals surface area contributed by atoms with E-state index in [1.54, 1.807) is 11.9 Å². The van der Waals surface area contributed by atoms with E-state index in [4.69, 9.17) is 20.8 Å². The first-order chi connectivity index (χ1) is 12.1. The highest BCUT2D eigenvalue weighted by atomic mass is 35.5. The maximum Gasteiger partial charge on any atom is 0.410 e. The maximum atomic E-state index is 12.1. The van der Waals surface area contributed by atoms with Crippen molar-refractivity contribution in [3.8, 4) is 0 Å². The number of ether oxygens (including phenoxy) is 1. The number of halogens is 1. The Morgan fingerprint density at radius 1 is 1.15 bits per heavy atom. The molecule has 1 aromatic rings. The number of carbonyl (C=O) groups excluding carboxylic acids is 1. The molecule has 0 bridgehead atoms. The van der Waals surface area contributed by atoms with Gasteiger partial charge in [-0.2, -0.15) is 0 Å². The number of likely N-dealkylation sites (N-methyl/N-ethyl adjacent to an activating group) is 1. The highest BCUT2D eigenvalue weighted by Gasteiger charge is 2.37. The van der Waals surface area contributed by atoms with Gasteiger partial charge in [-0.05, 0) is 62.5 Å². The predicted molar refractivity (Wildman–Crippen MR) is 116 cm³/mol. The molecule has 154 valence electrons. The zero-order chi connectivity index (χ0) is 21.0. The second kappa shape index (κ2) is 8.97. The molecule has 0 unspecified atom stereocenters. The summed E-state index contributed by atoms with van der Waals surface area (Å²) in [6.07, 6.45) is 0.429. The third-order valence-corrected chi connectivity index (χ3v) is 9.79. The molecule has 0 saturated carbocycles. The van der Waals surface area contributed by atoms with Crippen molar-refractivity contribution in [2.24, 2.45) is 0 Å². The van der Waals surface area contributed by atoms with E-state index in [0.29, 0.717) is 13.2 Å². The van der Waals surface area contributed by atoms with Crippen molar-refractivity contribution in [3.63, 3.8) is 0 Å². The van der Waals surface area contributed by atoms with Crippen LogP contribution in [0.5, 0.6) is 0 Å². The molecule has 0 heterocycles. The summed E-state index contributed by atoms with van der Waals surface area (Å²) in [4.78, 5) is 13.7. The normalized spacial score (nSPS) is 12.8. The summed E-state index contributed by atoms with van der Waals surface area (Å²) in [5.41, 5.74) is 1.64. The van der Waals surface area contributed by atoms with E-state index in [1.165, 1.54) is 0 Å². The molecule has 4 nitrogen and oxygen atoms in total. The summed E-state index contributed by atoms with van der Waals surface area (Å²) < 4.78 is 11.7. The van der Waals surface area contributed by atoms with Crippen LogP contribution in [0.2, 0.25) is 23.2 Å². The minimum Gasteiger partial charge on any atom is -0.444 e. The second-order valence-corrected chi connectivity index (χ2v) is 14.8. The van der Waals surface area contributed by atoms with E-state index in [2.05, 4.69) is 39.9 Å². The minimum absolute atomic E-state index is 0.160. The highest BCUT2D eigenvalue weighted by molar-refractivity contribution is 6.74. The first-order valence-corrected chi connectivity index (χ1v) is 12.8.